The zero-order valence-electron chi connectivity index (χ0n) is 11.4. The summed E-state index contributed by atoms with van der Waals surface area (Å²) in [7, 11) is 0. The Hall–Kier alpha value is -1.65. The molecule has 22 heavy (non-hydrogen) atoms. The molecule has 0 unspecified atom stereocenters. The number of halogens is 4. The molecule has 0 aliphatic carbocycles. The number of aromatic nitrogens is 2. The number of hydrogen-bond acceptors (Lipinski definition) is 4. The highest BCUT2D eigenvalue weighted by atomic mass is 127. The Bertz CT molecular complexity index is 685. The molecule has 0 atom stereocenters. The number of alkyl halides is 3. The first kappa shape index (κ1) is 16.7. The van der Waals surface area contributed by atoms with E-state index in [1.807, 2.05) is 22.6 Å². The highest BCUT2D eigenvalue weighted by Crippen LogP contribution is 2.32. The fourth-order valence-electron chi connectivity index (χ4n) is 1.67. The summed E-state index contributed by atoms with van der Waals surface area (Å²) < 4.78 is 43.4. The maximum atomic E-state index is 12.7. The molecule has 9 heteroatoms. The molecule has 0 fully saturated rings. The molecule has 1 amide bonds. The number of carbonyl (C=O) groups excluding carboxylic acids is 1. The molecule has 0 saturated carbocycles. The first-order valence-electron chi connectivity index (χ1n) is 6.21. The maximum Gasteiger partial charge on any atom is 0.416 e. The summed E-state index contributed by atoms with van der Waals surface area (Å²) in [6.45, 7) is 1.65. The number of nitrogens with zero attached hydrogens (tertiary/aromatic N) is 2. The Labute approximate surface area is 137 Å². The summed E-state index contributed by atoms with van der Waals surface area (Å²) in [5.41, 5.74) is -0.683. The molecule has 5 nitrogen and oxygen atoms in total. The van der Waals surface area contributed by atoms with Crippen LogP contribution in [0.5, 0.6) is 0 Å². The number of rotatable bonds is 4. The molecule has 1 heterocycles. The average Bonchev–Trinajstić information content (AvgIpc) is 2.83. The van der Waals surface area contributed by atoms with E-state index in [4.69, 9.17) is 4.52 Å². The smallest absolute Gasteiger partial charge is 0.339 e. The van der Waals surface area contributed by atoms with Crippen LogP contribution in [-0.2, 0) is 17.4 Å². The predicted octanol–water partition coefficient (Wildman–Crippen LogP) is 3.57. The van der Waals surface area contributed by atoms with Crippen LogP contribution in [0.4, 0.5) is 18.9 Å². The lowest BCUT2D eigenvalue weighted by atomic mass is 10.2. The molecule has 0 bridgehead atoms. The maximum absolute atomic E-state index is 12.7. The third-order valence-corrected chi connectivity index (χ3v) is 3.64. The number of nitrogens with one attached hydrogen (secondary N) is 1. The number of carbonyl (C=O) groups is 1. The van der Waals surface area contributed by atoms with E-state index in [9.17, 15) is 18.0 Å². The molecule has 1 N–H and O–H groups in total. The van der Waals surface area contributed by atoms with Gasteiger partial charge in [-0.05, 0) is 47.7 Å². The van der Waals surface area contributed by atoms with Gasteiger partial charge in [0.2, 0.25) is 11.8 Å². The van der Waals surface area contributed by atoms with Crippen molar-refractivity contribution in [3.8, 4) is 0 Å². The zero-order chi connectivity index (χ0) is 16.3. The van der Waals surface area contributed by atoms with E-state index in [2.05, 4.69) is 15.5 Å². The summed E-state index contributed by atoms with van der Waals surface area (Å²) in [4.78, 5) is 15.8. The van der Waals surface area contributed by atoms with Gasteiger partial charge in [0.25, 0.3) is 0 Å². The highest BCUT2D eigenvalue weighted by Gasteiger charge is 2.31. The Kier molecular flexibility index (Phi) is 5.04. The van der Waals surface area contributed by atoms with Crippen LogP contribution in [0.25, 0.3) is 0 Å². The van der Waals surface area contributed by atoms with Crippen LogP contribution in [0.2, 0.25) is 0 Å². The SMILES string of the molecule is Cc1noc(CCC(=O)Nc2cc(C(F)(F)F)ccc2I)n1. The number of anilines is 1. The van der Waals surface area contributed by atoms with Crippen LogP contribution >= 0.6 is 22.6 Å². The number of benzene rings is 1. The second-order valence-corrected chi connectivity index (χ2v) is 5.64. The van der Waals surface area contributed by atoms with Gasteiger partial charge in [-0.15, -0.1) is 0 Å². The van der Waals surface area contributed by atoms with Crippen molar-refractivity contribution < 1.29 is 22.5 Å². The van der Waals surface area contributed by atoms with Crippen LogP contribution in [-0.4, -0.2) is 16.0 Å². The third kappa shape index (κ3) is 4.42. The van der Waals surface area contributed by atoms with Crippen molar-refractivity contribution in [2.75, 3.05) is 5.32 Å². The summed E-state index contributed by atoms with van der Waals surface area (Å²) in [5, 5.41) is 6.05. The van der Waals surface area contributed by atoms with E-state index >= 15 is 0 Å². The quantitative estimate of drug-likeness (QED) is 0.761. The van der Waals surface area contributed by atoms with Gasteiger partial charge in [0.1, 0.15) is 0 Å². The van der Waals surface area contributed by atoms with Gasteiger partial charge < -0.3 is 9.84 Å². The highest BCUT2D eigenvalue weighted by molar-refractivity contribution is 14.1. The fraction of sp³-hybridized carbons (Fsp3) is 0.308. The minimum atomic E-state index is -4.45. The molecular formula is C13H11F3IN3O2. The van der Waals surface area contributed by atoms with Gasteiger partial charge in [-0.25, -0.2) is 0 Å². The fourth-order valence-corrected chi connectivity index (χ4v) is 2.14. The van der Waals surface area contributed by atoms with Crippen LogP contribution < -0.4 is 5.32 Å². The van der Waals surface area contributed by atoms with Gasteiger partial charge in [0, 0.05) is 16.4 Å². The largest absolute Gasteiger partial charge is 0.416 e. The topological polar surface area (TPSA) is 68.0 Å². The third-order valence-electron chi connectivity index (χ3n) is 2.70. The van der Waals surface area contributed by atoms with Crippen molar-refractivity contribution >= 4 is 34.2 Å². The van der Waals surface area contributed by atoms with Crippen molar-refractivity contribution in [1.29, 1.82) is 0 Å². The van der Waals surface area contributed by atoms with Crippen molar-refractivity contribution in [2.24, 2.45) is 0 Å². The van der Waals surface area contributed by atoms with Crippen LogP contribution in [0.1, 0.15) is 23.7 Å². The van der Waals surface area contributed by atoms with Crippen molar-refractivity contribution in [3.63, 3.8) is 0 Å². The second-order valence-electron chi connectivity index (χ2n) is 4.48. The zero-order valence-corrected chi connectivity index (χ0v) is 13.5. The Morgan fingerprint density at radius 2 is 2.14 bits per heavy atom. The normalized spacial score (nSPS) is 11.5. The Morgan fingerprint density at radius 1 is 1.41 bits per heavy atom. The summed E-state index contributed by atoms with van der Waals surface area (Å²) in [5.74, 6) is 0.349. The molecule has 0 spiro atoms. The standard InChI is InChI=1S/C13H11F3IN3O2/c1-7-18-12(22-20-7)5-4-11(21)19-10-6-8(13(14,15)16)2-3-9(10)17/h2-3,6H,4-5H2,1H3,(H,19,21). The van der Waals surface area contributed by atoms with E-state index in [0.717, 1.165) is 12.1 Å². The molecule has 0 saturated heterocycles. The summed E-state index contributed by atoms with van der Waals surface area (Å²) in [6.07, 6.45) is -4.19. The molecule has 2 rings (SSSR count). The first-order chi connectivity index (χ1) is 10.3. The van der Waals surface area contributed by atoms with Gasteiger partial charge in [-0.3, -0.25) is 4.79 Å². The van der Waals surface area contributed by atoms with Crippen molar-refractivity contribution in [3.05, 3.63) is 39.0 Å². The van der Waals surface area contributed by atoms with Gasteiger partial charge in [0.05, 0.1) is 11.3 Å². The summed E-state index contributed by atoms with van der Waals surface area (Å²) >= 11 is 1.86. The molecule has 2 aromatic rings. The van der Waals surface area contributed by atoms with E-state index in [-0.39, 0.29) is 18.5 Å². The summed E-state index contributed by atoms with van der Waals surface area (Å²) in [6, 6.07) is 3.19. The van der Waals surface area contributed by atoms with Crippen LogP contribution in [0.3, 0.4) is 0 Å². The van der Waals surface area contributed by atoms with Crippen molar-refractivity contribution in [2.45, 2.75) is 25.9 Å². The lowest BCUT2D eigenvalue weighted by molar-refractivity contribution is -0.137. The Balaban J connectivity index is 2.01. The number of hydrogen-bond donors (Lipinski definition) is 1. The lowest BCUT2D eigenvalue weighted by Crippen LogP contribution is -2.14. The van der Waals surface area contributed by atoms with Gasteiger partial charge >= 0.3 is 6.18 Å². The van der Waals surface area contributed by atoms with E-state index in [1.54, 1.807) is 6.92 Å². The molecule has 1 aromatic carbocycles. The molecule has 0 radical (unpaired) electrons. The molecule has 0 aliphatic rings. The molecule has 1 aromatic heterocycles. The minimum absolute atomic E-state index is 0.0357. The number of amides is 1. The average molecular weight is 425 g/mol. The minimum Gasteiger partial charge on any atom is -0.339 e. The molecule has 118 valence electrons. The van der Waals surface area contributed by atoms with Crippen LogP contribution in [0, 0.1) is 10.5 Å². The van der Waals surface area contributed by atoms with Gasteiger partial charge in [-0.1, -0.05) is 5.16 Å². The van der Waals surface area contributed by atoms with Crippen molar-refractivity contribution in [1.82, 2.24) is 10.1 Å². The predicted molar refractivity (Wildman–Crippen MR) is 80.1 cm³/mol. The lowest BCUT2D eigenvalue weighted by Gasteiger charge is -2.11. The monoisotopic (exact) mass is 425 g/mol. The molecule has 0 aliphatic heterocycles. The Morgan fingerprint density at radius 3 is 2.73 bits per heavy atom. The van der Waals surface area contributed by atoms with Gasteiger partial charge in [-0.2, -0.15) is 18.2 Å². The molecular weight excluding hydrogens is 414 g/mol. The van der Waals surface area contributed by atoms with Crippen LogP contribution in [0.15, 0.2) is 22.7 Å². The van der Waals surface area contributed by atoms with E-state index in [1.165, 1.54) is 6.07 Å². The van der Waals surface area contributed by atoms with E-state index in [0.29, 0.717) is 15.3 Å². The first-order valence-corrected chi connectivity index (χ1v) is 7.29. The van der Waals surface area contributed by atoms with E-state index < -0.39 is 17.6 Å². The second kappa shape index (κ2) is 6.63. The number of aryl methyl sites for hydroxylation is 2. The van der Waals surface area contributed by atoms with Gasteiger partial charge in [0.15, 0.2) is 5.82 Å².